The number of Topliss-reactive ketones (excluding diaryl/α,β-unsaturated/α-hetero) is 1. The molecule has 22 heteroatoms. The normalized spacial score (nSPS) is 19.8. The van der Waals surface area contributed by atoms with Crippen LogP contribution in [0.4, 0.5) is 10.0 Å². The van der Waals surface area contributed by atoms with Crippen molar-refractivity contribution in [2.75, 3.05) is 50.9 Å². The highest BCUT2D eigenvalue weighted by Crippen LogP contribution is 2.38. The number of rotatable bonds is 23. The number of benzene rings is 2. The quantitative estimate of drug-likeness (QED) is 0.0440. The molecular formula is C58H77N11O9S2. The van der Waals surface area contributed by atoms with Gasteiger partial charge < -0.3 is 52.1 Å². The van der Waals surface area contributed by atoms with E-state index in [1.54, 1.807) is 62.0 Å². The summed E-state index contributed by atoms with van der Waals surface area (Å²) in [6.07, 6.45) is 10.3. The van der Waals surface area contributed by atoms with Crippen molar-refractivity contribution in [3.8, 4) is 22.5 Å². The predicted molar refractivity (Wildman–Crippen MR) is 308 cm³/mol. The van der Waals surface area contributed by atoms with E-state index >= 15 is 0 Å². The van der Waals surface area contributed by atoms with Crippen LogP contribution in [0.15, 0.2) is 60.7 Å². The van der Waals surface area contributed by atoms with E-state index in [2.05, 4.69) is 47.2 Å². The van der Waals surface area contributed by atoms with Gasteiger partial charge in [-0.25, -0.2) is 9.97 Å². The van der Waals surface area contributed by atoms with Crippen LogP contribution in [0.2, 0.25) is 0 Å². The van der Waals surface area contributed by atoms with Crippen LogP contribution in [0.3, 0.4) is 0 Å². The molecule has 1 unspecified atom stereocenters. The number of aliphatic hydroxyl groups excluding tert-OH is 1. The highest BCUT2D eigenvalue weighted by atomic mass is 32.1. The summed E-state index contributed by atoms with van der Waals surface area (Å²) in [7, 11) is 3.41. The number of carbonyl (C=O) groups is 8. The lowest BCUT2D eigenvalue weighted by molar-refractivity contribution is -0.144. The van der Waals surface area contributed by atoms with Crippen LogP contribution in [-0.4, -0.2) is 149 Å². The maximum Gasteiger partial charge on any atom is 0.280 e. The predicted octanol–water partition coefficient (Wildman–Crippen LogP) is 5.75. The first kappa shape index (κ1) is 59.7. The smallest absolute Gasteiger partial charge is 0.280 e. The zero-order valence-electron chi connectivity index (χ0n) is 46.2. The first-order valence-corrected chi connectivity index (χ1v) is 30.1. The number of anilines is 2. The lowest BCUT2D eigenvalue weighted by Crippen LogP contribution is -2.57. The largest absolute Gasteiger partial charge is 0.389 e. The number of hydrogen-bond donors (Lipinski definition) is 8. The maximum absolute atomic E-state index is 14.4. The minimum Gasteiger partial charge on any atom is -0.389 e. The Morgan fingerprint density at radius 3 is 1.50 bits per heavy atom. The number of aliphatic hydroxyl groups is 1. The molecule has 4 aliphatic rings. The van der Waals surface area contributed by atoms with Crippen molar-refractivity contribution in [2.24, 2.45) is 17.8 Å². The van der Waals surface area contributed by atoms with Crippen LogP contribution in [-0.2, 0) is 28.8 Å². The molecule has 430 valence electrons. The summed E-state index contributed by atoms with van der Waals surface area (Å²) in [6.45, 7) is 3.72. The zero-order valence-corrected chi connectivity index (χ0v) is 47.9. The molecule has 0 bridgehead atoms. The van der Waals surface area contributed by atoms with Gasteiger partial charge in [-0.15, -0.1) is 0 Å². The van der Waals surface area contributed by atoms with Crippen LogP contribution < -0.4 is 37.2 Å². The van der Waals surface area contributed by atoms with Crippen LogP contribution in [0, 0.1) is 17.8 Å². The number of aromatic nitrogens is 2. The number of likely N-dealkylation sites (N-methyl/N-ethyl adjacent to an activating group) is 2. The number of ketones is 1. The van der Waals surface area contributed by atoms with Crippen LogP contribution in [0.5, 0.6) is 0 Å². The second-order valence-electron chi connectivity index (χ2n) is 21.6. The van der Waals surface area contributed by atoms with Crippen molar-refractivity contribution < 1.29 is 43.5 Å². The third kappa shape index (κ3) is 14.7. The molecule has 4 aromatic rings. The molecular weight excluding hydrogens is 1060 g/mol. The molecule has 7 atom stereocenters. The Morgan fingerprint density at radius 1 is 0.588 bits per heavy atom. The number of hydrogen-bond acceptors (Lipinski definition) is 15. The van der Waals surface area contributed by atoms with Gasteiger partial charge in [0.15, 0.2) is 10.0 Å². The first-order chi connectivity index (χ1) is 38.6. The number of nitrogens with zero attached hydrogens (tertiary/aromatic N) is 4. The molecule has 7 amide bonds. The fourth-order valence-electron chi connectivity index (χ4n) is 11.4. The van der Waals surface area contributed by atoms with Gasteiger partial charge in [-0.2, -0.15) is 0 Å². The van der Waals surface area contributed by atoms with Gasteiger partial charge in [0.25, 0.3) is 11.8 Å². The van der Waals surface area contributed by atoms with Gasteiger partial charge >= 0.3 is 0 Å². The van der Waals surface area contributed by atoms with Crippen LogP contribution in [0.25, 0.3) is 22.5 Å². The maximum atomic E-state index is 14.4. The third-order valence-electron chi connectivity index (χ3n) is 16.3. The Hall–Kier alpha value is -6.46. The fraction of sp³-hybridized carbons (Fsp3) is 0.552. The van der Waals surface area contributed by atoms with Crippen LogP contribution >= 0.6 is 22.7 Å². The molecule has 4 fully saturated rings. The summed E-state index contributed by atoms with van der Waals surface area (Å²) in [5.74, 6) is -3.37. The van der Waals surface area contributed by atoms with Gasteiger partial charge in [-0.3, -0.25) is 38.4 Å². The molecule has 2 aromatic heterocycles. The number of amides is 7. The molecule has 8 N–H and O–H groups in total. The Labute approximate surface area is 475 Å². The van der Waals surface area contributed by atoms with E-state index in [-0.39, 0.29) is 64.9 Å². The Bertz CT molecular complexity index is 2630. The fourth-order valence-corrected chi connectivity index (χ4v) is 13.2. The van der Waals surface area contributed by atoms with E-state index in [9.17, 15) is 43.5 Å². The van der Waals surface area contributed by atoms with Gasteiger partial charge in [0.2, 0.25) is 29.5 Å². The summed E-state index contributed by atoms with van der Waals surface area (Å²) in [5, 5.41) is 32.0. The van der Waals surface area contributed by atoms with E-state index in [0.29, 0.717) is 71.3 Å². The minimum absolute atomic E-state index is 0.00247. The summed E-state index contributed by atoms with van der Waals surface area (Å²) in [5.41, 5.74) is 1.99. The lowest BCUT2D eigenvalue weighted by atomic mass is 9.76. The van der Waals surface area contributed by atoms with Gasteiger partial charge in [0, 0.05) is 49.6 Å². The highest BCUT2D eigenvalue weighted by Gasteiger charge is 2.43. The molecule has 2 aliphatic heterocycles. The van der Waals surface area contributed by atoms with Crippen molar-refractivity contribution in [1.82, 2.24) is 46.4 Å². The van der Waals surface area contributed by atoms with E-state index < -0.39 is 65.9 Å². The standard InChI is InChI=1S/C58H77N11O9S2/c1-34(59-3)44(71)31-41(36-19-9-5-10-20-36)57(77)68-29-17-27-42(68)49(73)66-53-45(37-21-11-6-12-22-37)64-55(79-53)51(75)61-32-40(70)33-62-52(76)56-65-46(38-23-13-7-14-24-38)54(80-56)67-50(74)43-28-18-30-69(43)58(78)47(39-25-15-8-16-26-39)63-48(72)35(2)60-4/h6-7,11-14,21-24,34-36,39-43,47,59-60,70H,5,8-10,15-20,25-33H2,1-4H3,(H,61,75)(H,62,76)(H,63,72)(H,66,73)(H,67,74)/t34-,35-,40?,41-,42-,43-,47-/m0/s1. The molecule has 0 radical (unpaired) electrons. The minimum atomic E-state index is -1.25. The molecule has 4 heterocycles. The van der Waals surface area contributed by atoms with E-state index in [4.69, 9.17) is 0 Å². The summed E-state index contributed by atoms with van der Waals surface area (Å²) in [4.78, 5) is 124. The number of likely N-dealkylation sites (tertiary alicyclic amines) is 2. The van der Waals surface area contributed by atoms with E-state index in [0.717, 1.165) is 86.9 Å². The van der Waals surface area contributed by atoms with Gasteiger partial charge in [0.05, 0.1) is 18.2 Å². The van der Waals surface area contributed by atoms with Crippen molar-refractivity contribution >= 4 is 79.8 Å². The van der Waals surface area contributed by atoms with E-state index in [1.165, 1.54) is 0 Å². The molecule has 20 nitrogen and oxygen atoms in total. The Balaban J connectivity index is 0.901. The molecule has 2 aromatic carbocycles. The number of nitrogens with one attached hydrogen (secondary N) is 7. The van der Waals surface area contributed by atoms with Crippen molar-refractivity contribution in [1.29, 1.82) is 0 Å². The first-order valence-electron chi connectivity index (χ1n) is 28.4. The highest BCUT2D eigenvalue weighted by molar-refractivity contribution is 7.18. The third-order valence-corrected chi connectivity index (χ3v) is 18.2. The van der Waals surface area contributed by atoms with Gasteiger partial charge in [-0.05, 0) is 91.1 Å². The number of thiazole rings is 2. The SMILES string of the molecule is CN[C@@H](C)C(=O)C[C@H](C(=O)N1CCC[C@H]1C(=O)Nc1sc(C(=O)NCC(O)CNC(=O)c2nc(-c3ccccc3)c(NC(=O)[C@@H]3CCCN3C(=O)[C@@H](NC(=O)[C@H](C)NC)C3CCCCC3)s2)nc1-c1ccccc1)C1CCCCC1. The topological polar surface area (TPSA) is 273 Å². The van der Waals surface area contributed by atoms with E-state index in [1.807, 2.05) is 36.4 Å². The molecule has 8 rings (SSSR count). The van der Waals surface area contributed by atoms with Crippen molar-refractivity contribution in [2.45, 2.75) is 146 Å². The zero-order chi connectivity index (χ0) is 56.9. The van der Waals surface area contributed by atoms with Gasteiger partial charge in [-0.1, -0.05) is 122 Å². The van der Waals surface area contributed by atoms with Crippen molar-refractivity contribution in [3.05, 3.63) is 70.7 Å². The number of carbonyl (C=O) groups excluding carboxylic acids is 8. The molecule has 2 saturated carbocycles. The summed E-state index contributed by atoms with van der Waals surface area (Å²) in [6, 6.07) is 14.8. The second-order valence-corrected chi connectivity index (χ2v) is 23.6. The summed E-state index contributed by atoms with van der Waals surface area (Å²) >= 11 is 1.91. The Morgan fingerprint density at radius 2 is 1.04 bits per heavy atom. The Kier molecular flexibility index (Phi) is 21.1. The summed E-state index contributed by atoms with van der Waals surface area (Å²) < 4.78 is 0. The van der Waals surface area contributed by atoms with Gasteiger partial charge in [0.1, 0.15) is 45.3 Å². The monoisotopic (exact) mass is 1140 g/mol. The van der Waals surface area contributed by atoms with Crippen LogP contribution in [0.1, 0.15) is 130 Å². The average molecular weight is 1140 g/mol. The van der Waals surface area contributed by atoms with Crippen molar-refractivity contribution in [3.63, 3.8) is 0 Å². The second kappa shape index (κ2) is 28.3. The molecule has 2 saturated heterocycles. The molecule has 80 heavy (non-hydrogen) atoms. The molecule has 0 spiro atoms. The molecule has 2 aliphatic carbocycles. The average Bonchev–Trinajstić information content (AvgIpc) is 4.40. The lowest BCUT2D eigenvalue weighted by Gasteiger charge is -2.35.